The lowest BCUT2D eigenvalue weighted by Crippen LogP contribution is -1.98. The van der Waals surface area contributed by atoms with E-state index in [0.29, 0.717) is 11.3 Å². The van der Waals surface area contributed by atoms with Gasteiger partial charge in [-0.3, -0.25) is 0 Å². The zero-order valence-corrected chi connectivity index (χ0v) is 12.0. The summed E-state index contributed by atoms with van der Waals surface area (Å²) in [6.45, 7) is 3.83. The van der Waals surface area contributed by atoms with Crippen LogP contribution in [0.15, 0.2) is 48.5 Å². The molecule has 0 atom stereocenters. The molecule has 0 saturated heterocycles. The van der Waals surface area contributed by atoms with Crippen molar-refractivity contribution < 1.29 is 4.39 Å². The molecule has 1 aromatic heterocycles. The highest BCUT2D eigenvalue weighted by Crippen LogP contribution is 2.31. The molecule has 0 bridgehead atoms. The molecule has 0 radical (unpaired) electrons. The number of halogens is 1. The molecule has 4 heteroatoms. The number of anilines is 1. The lowest BCUT2D eigenvalue weighted by Gasteiger charge is -2.07. The summed E-state index contributed by atoms with van der Waals surface area (Å²) < 4.78 is 16.0. The molecule has 0 spiro atoms. The van der Waals surface area contributed by atoms with Crippen LogP contribution in [-0.2, 0) is 0 Å². The fraction of sp³-hybridized carbons (Fsp3) is 0.118. The minimum absolute atomic E-state index is 0.325. The minimum atomic E-state index is -0.325. The maximum Gasteiger partial charge on any atom is 0.133 e. The number of benzene rings is 2. The van der Waals surface area contributed by atoms with Crippen molar-refractivity contribution in [2.24, 2.45) is 0 Å². The smallest absolute Gasteiger partial charge is 0.133 e. The summed E-state index contributed by atoms with van der Waals surface area (Å²) in [6.07, 6.45) is 0. The normalized spacial score (nSPS) is 10.8. The first-order valence-electron chi connectivity index (χ1n) is 6.75. The second-order valence-electron chi connectivity index (χ2n) is 5.03. The molecule has 0 aliphatic carbocycles. The molecule has 3 nitrogen and oxygen atoms in total. The van der Waals surface area contributed by atoms with Gasteiger partial charge in [-0.1, -0.05) is 18.2 Å². The van der Waals surface area contributed by atoms with E-state index in [1.165, 1.54) is 6.07 Å². The molecule has 3 aromatic rings. The number of nitrogen functional groups attached to an aromatic ring is 1. The number of rotatable bonds is 2. The maximum absolute atomic E-state index is 14.2. The van der Waals surface area contributed by atoms with E-state index < -0.39 is 0 Å². The monoisotopic (exact) mass is 281 g/mol. The number of nitrogens with zero attached hydrogens (tertiary/aromatic N) is 2. The first-order valence-corrected chi connectivity index (χ1v) is 6.75. The van der Waals surface area contributed by atoms with Crippen LogP contribution in [0, 0.1) is 19.7 Å². The van der Waals surface area contributed by atoms with Crippen LogP contribution in [0.4, 0.5) is 10.1 Å². The molecule has 0 aliphatic rings. The minimum Gasteiger partial charge on any atom is -0.399 e. The quantitative estimate of drug-likeness (QED) is 0.724. The van der Waals surface area contributed by atoms with Crippen LogP contribution in [0.25, 0.3) is 16.8 Å². The van der Waals surface area contributed by atoms with E-state index in [1.807, 2.05) is 48.9 Å². The molecule has 106 valence electrons. The summed E-state index contributed by atoms with van der Waals surface area (Å²) in [7, 11) is 0. The van der Waals surface area contributed by atoms with Gasteiger partial charge in [0.15, 0.2) is 0 Å². The van der Waals surface area contributed by atoms with E-state index in [-0.39, 0.29) is 5.82 Å². The molecule has 21 heavy (non-hydrogen) atoms. The lowest BCUT2D eigenvalue weighted by atomic mass is 10.0. The van der Waals surface area contributed by atoms with E-state index in [9.17, 15) is 4.39 Å². The van der Waals surface area contributed by atoms with Gasteiger partial charge in [-0.25, -0.2) is 9.07 Å². The predicted octanol–water partition coefficient (Wildman–Crippen LogP) is 3.88. The SMILES string of the molecule is Cc1nn(-c2ccccc2)c(C)c1-c1ccc(N)cc1F. The molecule has 1 heterocycles. The van der Waals surface area contributed by atoms with Crippen molar-refractivity contribution in [3.63, 3.8) is 0 Å². The van der Waals surface area contributed by atoms with E-state index >= 15 is 0 Å². The number of aromatic nitrogens is 2. The zero-order valence-electron chi connectivity index (χ0n) is 12.0. The molecule has 0 aliphatic heterocycles. The Balaban J connectivity index is 2.19. The van der Waals surface area contributed by atoms with Gasteiger partial charge in [-0.15, -0.1) is 0 Å². The molecule has 0 unspecified atom stereocenters. The highest BCUT2D eigenvalue weighted by molar-refractivity contribution is 5.71. The Bertz CT molecular complexity index is 791. The van der Waals surface area contributed by atoms with Crippen molar-refractivity contribution >= 4 is 5.69 Å². The molecule has 0 fully saturated rings. The van der Waals surface area contributed by atoms with Crippen LogP contribution in [-0.4, -0.2) is 9.78 Å². The van der Waals surface area contributed by atoms with Crippen LogP contribution in [0.2, 0.25) is 0 Å². The van der Waals surface area contributed by atoms with Crippen molar-refractivity contribution in [2.75, 3.05) is 5.73 Å². The number of hydrogen-bond acceptors (Lipinski definition) is 2. The Hall–Kier alpha value is -2.62. The summed E-state index contributed by atoms with van der Waals surface area (Å²) in [5.74, 6) is -0.325. The fourth-order valence-electron chi connectivity index (χ4n) is 2.59. The average Bonchev–Trinajstić information content (AvgIpc) is 2.76. The van der Waals surface area contributed by atoms with E-state index in [2.05, 4.69) is 5.10 Å². The van der Waals surface area contributed by atoms with Gasteiger partial charge in [-0.05, 0) is 44.2 Å². The number of hydrogen-bond donors (Lipinski definition) is 1. The van der Waals surface area contributed by atoms with Crippen LogP contribution in [0.5, 0.6) is 0 Å². The second kappa shape index (κ2) is 5.05. The Morgan fingerprint density at radius 1 is 1.05 bits per heavy atom. The average molecular weight is 281 g/mol. The summed E-state index contributed by atoms with van der Waals surface area (Å²) in [5.41, 5.74) is 10.0. The van der Waals surface area contributed by atoms with E-state index in [0.717, 1.165) is 22.6 Å². The van der Waals surface area contributed by atoms with Crippen molar-refractivity contribution in [1.29, 1.82) is 0 Å². The first kappa shape index (κ1) is 13.4. The highest BCUT2D eigenvalue weighted by atomic mass is 19.1. The van der Waals surface area contributed by atoms with Gasteiger partial charge in [0.05, 0.1) is 11.4 Å². The molecule has 3 rings (SSSR count). The summed E-state index contributed by atoms with van der Waals surface area (Å²) in [6, 6.07) is 14.6. The molecule has 2 aromatic carbocycles. The Morgan fingerprint density at radius 2 is 1.76 bits per heavy atom. The van der Waals surface area contributed by atoms with Gasteiger partial charge < -0.3 is 5.73 Å². The topological polar surface area (TPSA) is 43.8 Å². The Kier molecular flexibility index (Phi) is 3.22. The van der Waals surface area contributed by atoms with Crippen molar-refractivity contribution in [1.82, 2.24) is 9.78 Å². The van der Waals surface area contributed by atoms with Gasteiger partial charge in [0, 0.05) is 22.5 Å². The number of para-hydroxylation sites is 1. The first-order chi connectivity index (χ1) is 10.1. The standard InChI is InChI=1S/C17H16FN3/c1-11-17(15-9-8-13(19)10-16(15)18)12(2)21(20-11)14-6-4-3-5-7-14/h3-10H,19H2,1-2H3. The summed E-state index contributed by atoms with van der Waals surface area (Å²) in [4.78, 5) is 0. The Labute approximate surface area is 122 Å². The number of nitrogens with two attached hydrogens (primary N) is 1. The van der Waals surface area contributed by atoms with Gasteiger partial charge in [0.25, 0.3) is 0 Å². The largest absolute Gasteiger partial charge is 0.399 e. The van der Waals surface area contributed by atoms with Crippen LogP contribution in [0.3, 0.4) is 0 Å². The molecular formula is C17H16FN3. The van der Waals surface area contributed by atoms with Crippen LogP contribution in [0.1, 0.15) is 11.4 Å². The maximum atomic E-state index is 14.2. The van der Waals surface area contributed by atoms with Gasteiger partial charge in [-0.2, -0.15) is 5.10 Å². The van der Waals surface area contributed by atoms with Crippen molar-refractivity contribution in [2.45, 2.75) is 13.8 Å². The zero-order chi connectivity index (χ0) is 15.0. The van der Waals surface area contributed by atoms with E-state index in [1.54, 1.807) is 12.1 Å². The van der Waals surface area contributed by atoms with Gasteiger partial charge in [0.2, 0.25) is 0 Å². The third kappa shape index (κ3) is 2.29. The molecule has 2 N–H and O–H groups in total. The third-order valence-electron chi connectivity index (χ3n) is 3.55. The lowest BCUT2D eigenvalue weighted by molar-refractivity contribution is 0.631. The van der Waals surface area contributed by atoms with Crippen molar-refractivity contribution in [3.8, 4) is 16.8 Å². The van der Waals surface area contributed by atoms with Crippen molar-refractivity contribution in [3.05, 3.63) is 65.7 Å². The third-order valence-corrected chi connectivity index (χ3v) is 3.55. The van der Waals surface area contributed by atoms with Gasteiger partial charge >= 0.3 is 0 Å². The fourth-order valence-corrected chi connectivity index (χ4v) is 2.59. The highest BCUT2D eigenvalue weighted by Gasteiger charge is 2.17. The summed E-state index contributed by atoms with van der Waals surface area (Å²) >= 11 is 0. The molecule has 0 saturated carbocycles. The van der Waals surface area contributed by atoms with E-state index in [4.69, 9.17) is 5.73 Å². The molecular weight excluding hydrogens is 265 g/mol. The number of aryl methyl sites for hydroxylation is 1. The Morgan fingerprint density at radius 3 is 2.43 bits per heavy atom. The summed E-state index contributed by atoms with van der Waals surface area (Å²) in [5, 5.41) is 4.54. The van der Waals surface area contributed by atoms with Crippen LogP contribution >= 0.6 is 0 Å². The predicted molar refractivity (Wildman–Crippen MR) is 82.8 cm³/mol. The van der Waals surface area contributed by atoms with Gasteiger partial charge in [0.1, 0.15) is 5.82 Å². The molecule has 0 amide bonds. The van der Waals surface area contributed by atoms with Crippen LogP contribution < -0.4 is 5.73 Å². The second-order valence-corrected chi connectivity index (χ2v) is 5.03.